The van der Waals surface area contributed by atoms with E-state index in [-0.39, 0.29) is 5.56 Å². The fourth-order valence-electron chi connectivity index (χ4n) is 1.48. The highest BCUT2D eigenvalue weighted by molar-refractivity contribution is 6.31. The third kappa shape index (κ3) is 2.77. The van der Waals surface area contributed by atoms with Gasteiger partial charge in [-0.15, -0.1) is 0 Å². The molecule has 0 aliphatic carbocycles. The first-order valence-corrected chi connectivity index (χ1v) is 5.39. The van der Waals surface area contributed by atoms with Crippen molar-refractivity contribution in [2.45, 2.75) is 0 Å². The average molecular weight is 248 g/mol. The van der Waals surface area contributed by atoms with Gasteiger partial charge in [0.1, 0.15) is 0 Å². The van der Waals surface area contributed by atoms with Crippen molar-refractivity contribution in [1.82, 2.24) is 0 Å². The van der Waals surface area contributed by atoms with Gasteiger partial charge in [0.2, 0.25) is 0 Å². The Labute approximate surface area is 104 Å². The van der Waals surface area contributed by atoms with Crippen molar-refractivity contribution in [3.8, 4) is 0 Å². The molecule has 2 aromatic carbocycles. The maximum atomic E-state index is 11.1. The van der Waals surface area contributed by atoms with Crippen molar-refractivity contribution < 1.29 is 9.90 Å². The highest BCUT2D eigenvalue weighted by Gasteiger charge is 2.10. The van der Waals surface area contributed by atoms with E-state index >= 15 is 0 Å². The van der Waals surface area contributed by atoms with E-state index in [4.69, 9.17) is 16.7 Å². The van der Waals surface area contributed by atoms with Gasteiger partial charge in [0, 0.05) is 10.7 Å². The van der Waals surface area contributed by atoms with Crippen LogP contribution in [0.2, 0.25) is 5.02 Å². The zero-order chi connectivity index (χ0) is 12.3. The van der Waals surface area contributed by atoms with Crippen molar-refractivity contribution in [2.75, 3.05) is 5.32 Å². The summed E-state index contributed by atoms with van der Waals surface area (Å²) in [5, 5.41) is 12.5. The smallest absolute Gasteiger partial charge is 0.337 e. The lowest BCUT2D eigenvalue weighted by molar-refractivity contribution is 0.0698. The molecule has 2 rings (SSSR count). The topological polar surface area (TPSA) is 49.3 Å². The molecule has 0 atom stereocenters. The van der Waals surface area contributed by atoms with E-state index in [0.29, 0.717) is 10.7 Å². The van der Waals surface area contributed by atoms with Crippen LogP contribution < -0.4 is 5.32 Å². The fourth-order valence-corrected chi connectivity index (χ4v) is 1.65. The van der Waals surface area contributed by atoms with E-state index in [1.807, 2.05) is 30.3 Å². The molecule has 0 saturated heterocycles. The Hall–Kier alpha value is -2.00. The highest BCUT2D eigenvalue weighted by Crippen LogP contribution is 2.24. The van der Waals surface area contributed by atoms with Crippen LogP contribution >= 0.6 is 11.6 Å². The Morgan fingerprint density at radius 1 is 1.12 bits per heavy atom. The maximum absolute atomic E-state index is 11.1. The third-order valence-electron chi connectivity index (χ3n) is 2.26. The summed E-state index contributed by atoms with van der Waals surface area (Å²) < 4.78 is 0. The number of aromatic carboxylic acids is 1. The molecule has 0 aromatic heterocycles. The van der Waals surface area contributed by atoms with Crippen molar-refractivity contribution in [3.63, 3.8) is 0 Å². The first kappa shape index (κ1) is 11.5. The van der Waals surface area contributed by atoms with Crippen LogP contribution in [-0.2, 0) is 0 Å². The molecule has 0 amide bonds. The molecule has 2 aromatic rings. The second-order valence-electron chi connectivity index (χ2n) is 3.49. The van der Waals surface area contributed by atoms with Gasteiger partial charge in [-0.05, 0) is 30.3 Å². The molecule has 0 spiro atoms. The van der Waals surface area contributed by atoms with Crippen molar-refractivity contribution >= 4 is 28.9 Å². The van der Waals surface area contributed by atoms with E-state index in [1.165, 1.54) is 6.07 Å². The van der Waals surface area contributed by atoms with E-state index in [9.17, 15) is 4.79 Å². The zero-order valence-corrected chi connectivity index (χ0v) is 9.61. The van der Waals surface area contributed by atoms with Gasteiger partial charge in [0.15, 0.2) is 0 Å². The van der Waals surface area contributed by atoms with Gasteiger partial charge in [-0.2, -0.15) is 0 Å². The van der Waals surface area contributed by atoms with Crippen LogP contribution in [0.3, 0.4) is 0 Å². The number of hydrogen-bond donors (Lipinski definition) is 2. The molecule has 0 aliphatic heterocycles. The van der Waals surface area contributed by atoms with E-state index in [2.05, 4.69) is 5.32 Å². The minimum absolute atomic E-state index is 0.154. The highest BCUT2D eigenvalue weighted by atomic mass is 35.5. The van der Waals surface area contributed by atoms with Crippen LogP contribution in [0, 0.1) is 0 Å². The second-order valence-corrected chi connectivity index (χ2v) is 3.92. The third-order valence-corrected chi connectivity index (χ3v) is 2.50. The largest absolute Gasteiger partial charge is 0.478 e. The van der Waals surface area contributed by atoms with Crippen LogP contribution in [0.4, 0.5) is 11.4 Å². The predicted molar refractivity (Wildman–Crippen MR) is 68.1 cm³/mol. The van der Waals surface area contributed by atoms with Crippen molar-refractivity contribution in [1.29, 1.82) is 0 Å². The Morgan fingerprint density at radius 2 is 1.82 bits per heavy atom. The number of anilines is 2. The molecule has 0 radical (unpaired) electrons. The number of benzene rings is 2. The molecule has 0 bridgehead atoms. The summed E-state index contributed by atoms with van der Waals surface area (Å²) in [7, 11) is 0. The van der Waals surface area contributed by atoms with Gasteiger partial charge < -0.3 is 10.4 Å². The Balaban J connectivity index is 2.36. The summed E-state index contributed by atoms with van der Waals surface area (Å²) in [6, 6.07) is 14.1. The quantitative estimate of drug-likeness (QED) is 0.868. The van der Waals surface area contributed by atoms with Gasteiger partial charge in [0.05, 0.1) is 11.3 Å². The maximum Gasteiger partial charge on any atom is 0.337 e. The number of carboxylic acids is 1. The average Bonchev–Trinajstić information content (AvgIpc) is 2.32. The molecule has 0 fully saturated rings. The van der Waals surface area contributed by atoms with Gasteiger partial charge in [-0.3, -0.25) is 0 Å². The predicted octanol–water partition coefficient (Wildman–Crippen LogP) is 3.78. The molecule has 2 N–H and O–H groups in total. The minimum atomic E-state index is -1.01. The molecule has 0 unspecified atom stereocenters. The number of carboxylic acid groups (broad SMARTS) is 1. The Morgan fingerprint density at radius 3 is 2.47 bits per heavy atom. The first-order chi connectivity index (χ1) is 8.16. The lowest BCUT2D eigenvalue weighted by Crippen LogP contribution is -2.02. The molecular formula is C13H10ClNO2. The molecule has 17 heavy (non-hydrogen) atoms. The van der Waals surface area contributed by atoms with Gasteiger partial charge in [0.25, 0.3) is 0 Å². The number of halogens is 1. The summed E-state index contributed by atoms with van der Waals surface area (Å²) in [5.74, 6) is -1.01. The summed E-state index contributed by atoms with van der Waals surface area (Å²) in [6.45, 7) is 0. The van der Waals surface area contributed by atoms with Gasteiger partial charge in [-0.25, -0.2) is 4.79 Å². The van der Waals surface area contributed by atoms with Crippen LogP contribution in [0.25, 0.3) is 0 Å². The zero-order valence-electron chi connectivity index (χ0n) is 8.85. The SMILES string of the molecule is O=C(O)c1cc(Cl)ccc1Nc1ccccc1. The lowest BCUT2D eigenvalue weighted by atomic mass is 10.1. The summed E-state index contributed by atoms with van der Waals surface area (Å²) in [5.41, 5.74) is 1.51. The molecule has 86 valence electrons. The van der Waals surface area contributed by atoms with E-state index < -0.39 is 5.97 Å². The monoisotopic (exact) mass is 247 g/mol. The normalized spacial score (nSPS) is 9.94. The number of para-hydroxylation sites is 1. The number of carbonyl (C=O) groups is 1. The van der Waals surface area contributed by atoms with Crippen molar-refractivity contribution in [3.05, 3.63) is 59.1 Å². The second kappa shape index (κ2) is 4.89. The molecular weight excluding hydrogens is 238 g/mol. The number of nitrogens with one attached hydrogen (secondary N) is 1. The summed E-state index contributed by atoms with van der Waals surface area (Å²) in [4.78, 5) is 11.1. The van der Waals surface area contributed by atoms with Crippen LogP contribution in [-0.4, -0.2) is 11.1 Å². The number of hydrogen-bond acceptors (Lipinski definition) is 2. The van der Waals surface area contributed by atoms with Gasteiger partial charge in [-0.1, -0.05) is 29.8 Å². The molecule has 3 nitrogen and oxygen atoms in total. The standard InChI is InChI=1S/C13H10ClNO2/c14-9-6-7-12(11(8-9)13(16)17)15-10-4-2-1-3-5-10/h1-8,15H,(H,16,17). The summed E-state index contributed by atoms with van der Waals surface area (Å²) in [6.07, 6.45) is 0. The van der Waals surface area contributed by atoms with Crippen LogP contribution in [0.1, 0.15) is 10.4 Å². The molecule has 0 heterocycles. The van der Waals surface area contributed by atoms with Crippen LogP contribution in [0.5, 0.6) is 0 Å². The van der Waals surface area contributed by atoms with Crippen LogP contribution in [0.15, 0.2) is 48.5 Å². The summed E-state index contributed by atoms with van der Waals surface area (Å²) >= 11 is 5.77. The minimum Gasteiger partial charge on any atom is -0.478 e. The fraction of sp³-hybridized carbons (Fsp3) is 0. The van der Waals surface area contributed by atoms with Gasteiger partial charge >= 0.3 is 5.97 Å². The van der Waals surface area contributed by atoms with E-state index in [1.54, 1.807) is 12.1 Å². The Bertz CT molecular complexity index is 540. The molecule has 4 heteroatoms. The van der Waals surface area contributed by atoms with Crippen molar-refractivity contribution in [2.24, 2.45) is 0 Å². The Kier molecular flexibility index (Phi) is 3.30. The molecule has 0 aliphatic rings. The molecule has 0 saturated carbocycles. The lowest BCUT2D eigenvalue weighted by Gasteiger charge is -2.09. The van der Waals surface area contributed by atoms with E-state index in [0.717, 1.165) is 5.69 Å². The number of rotatable bonds is 3. The first-order valence-electron chi connectivity index (χ1n) is 5.02.